The molecule has 12 nitrogen and oxygen atoms in total. The van der Waals surface area contributed by atoms with E-state index < -0.39 is 60.0 Å². The molecule has 3 atom stereocenters. The van der Waals surface area contributed by atoms with Crippen molar-refractivity contribution in [2.24, 2.45) is 33.3 Å². The number of nitrogens with zero attached hydrogens (tertiary/aromatic N) is 7. The molecule has 1 aliphatic carbocycles. The number of anilines is 1. The van der Waals surface area contributed by atoms with Crippen LogP contribution in [0.25, 0.3) is 11.1 Å². The summed E-state index contributed by atoms with van der Waals surface area (Å²) in [5.41, 5.74) is 6.68. The second-order valence-electron chi connectivity index (χ2n) is 13.6. The summed E-state index contributed by atoms with van der Waals surface area (Å²) in [6.45, 7) is 5.20. The molecule has 0 unspecified atom stereocenters. The molecule has 1 fully saturated rings. The van der Waals surface area contributed by atoms with Crippen molar-refractivity contribution in [3.05, 3.63) is 71.0 Å². The number of carbonyl (C=O) groups excluding carboxylic acids is 2. The number of benzene rings is 2. The van der Waals surface area contributed by atoms with Gasteiger partial charge in [0.15, 0.2) is 11.5 Å². The Morgan fingerprint density at radius 2 is 1.84 bits per heavy atom. The molecule has 1 saturated carbocycles. The maximum atomic E-state index is 14.9. The average molecular weight is 716 g/mol. The fraction of sp³-hybridized carbons (Fsp3) is 0.394. The summed E-state index contributed by atoms with van der Waals surface area (Å²) < 4.78 is 63.9. The number of aliphatic imine (C=N–C) groups is 2. The normalized spacial score (nSPS) is 22.8. The molecule has 17 heteroatoms. The second-order valence-corrected chi connectivity index (χ2v) is 14.0. The summed E-state index contributed by atoms with van der Waals surface area (Å²) in [4.78, 5) is 36.7. The highest BCUT2D eigenvalue weighted by Crippen LogP contribution is 2.46. The number of carbonyl (C=O) groups is 2. The SMILES string of the molecule is Cn1cc(-c2ccc([C@@]3(CC(C)(C)C)N=C(N)N([C@H](COC(=O)N[C@H]4CC4(F)F)c4ccc(Cl)c(N5N=CN=CC5(F)F)c4)C3=O)cc2)cn1. The molecule has 0 bridgehead atoms. The van der Waals surface area contributed by atoms with Crippen LogP contribution in [-0.2, 0) is 22.1 Å². The highest BCUT2D eigenvalue weighted by Gasteiger charge is 2.58. The average Bonchev–Trinajstić information content (AvgIpc) is 3.29. The molecule has 1 aromatic heterocycles. The number of halogens is 5. The van der Waals surface area contributed by atoms with Gasteiger partial charge in [0, 0.05) is 25.2 Å². The minimum atomic E-state index is -3.66. The fourth-order valence-electron chi connectivity index (χ4n) is 6.07. The number of hydrazone groups is 1. The number of guanidine groups is 1. The van der Waals surface area contributed by atoms with E-state index in [0.717, 1.165) is 22.4 Å². The Morgan fingerprint density at radius 3 is 2.44 bits per heavy atom. The third-order valence-electron chi connectivity index (χ3n) is 8.44. The van der Waals surface area contributed by atoms with Crippen LogP contribution >= 0.6 is 11.6 Å². The lowest BCUT2D eigenvalue weighted by atomic mass is 9.75. The molecule has 0 radical (unpaired) electrons. The number of amides is 2. The first kappa shape index (κ1) is 34.9. The van der Waals surface area contributed by atoms with E-state index in [2.05, 4.69) is 20.5 Å². The van der Waals surface area contributed by atoms with Crippen molar-refractivity contribution < 1.29 is 31.9 Å². The third-order valence-corrected chi connectivity index (χ3v) is 8.76. The monoisotopic (exact) mass is 715 g/mol. The second kappa shape index (κ2) is 12.4. The molecule has 0 spiro atoms. The molecule has 264 valence electrons. The van der Waals surface area contributed by atoms with Crippen LogP contribution < -0.4 is 16.1 Å². The number of nitrogens with one attached hydrogen (secondary N) is 1. The molecular formula is C33H34ClF4N9O3. The summed E-state index contributed by atoms with van der Waals surface area (Å²) in [6, 6.07) is 4.92. The van der Waals surface area contributed by atoms with E-state index in [1.807, 2.05) is 39.1 Å². The van der Waals surface area contributed by atoms with Gasteiger partial charge in [0.1, 0.15) is 19.0 Å². The van der Waals surface area contributed by atoms with E-state index in [4.69, 9.17) is 27.1 Å². The van der Waals surface area contributed by atoms with E-state index in [1.165, 1.54) is 18.2 Å². The van der Waals surface area contributed by atoms with Crippen LogP contribution in [0.2, 0.25) is 5.02 Å². The van der Waals surface area contributed by atoms with Crippen molar-refractivity contribution in [2.45, 2.75) is 63.2 Å². The zero-order valence-corrected chi connectivity index (χ0v) is 28.2. The van der Waals surface area contributed by atoms with E-state index >= 15 is 0 Å². The van der Waals surface area contributed by atoms with Gasteiger partial charge in [0.25, 0.3) is 11.8 Å². The topological polar surface area (TPSA) is 143 Å². The number of aryl methyl sites for hydroxylation is 1. The summed E-state index contributed by atoms with van der Waals surface area (Å²) in [6.07, 6.45) is 3.35. The molecule has 3 heterocycles. The summed E-state index contributed by atoms with van der Waals surface area (Å²) >= 11 is 6.36. The number of alkyl carbamates (subject to hydrolysis) is 1. The summed E-state index contributed by atoms with van der Waals surface area (Å²) in [5, 5.41) is 10.2. The molecule has 6 rings (SSSR count). The van der Waals surface area contributed by atoms with Gasteiger partial charge in [-0.3, -0.25) is 14.4 Å². The third kappa shape index (κ3) is 6.75. The van der Waals surface area contributed by atoms with Crippen molar-refractivity contribution >= 4 is 47.8 Å². The Hall–Kier alpha value is -4.99. The molecule has 0 saturated heterocycles. The van der Waals surface area contributed by atoms with Crippen molar-refractivity contribution in [1.82, 2.24) is 20.0 Å². The lowest BCUT2D eigenvalue weighted by Gasteiger charge is -2.35. The van der Waals surface area contributed by atoms with Crippen LogP contribution in [0.5, 0.6) is 0 Å². The molecular weight excluding hydrogens is 682 g/mol. The van der Waals surface area contributed by atoms with Crippen LogP contribution in [0.4, 0.5) is 28.0 Å². The van der Waals surface area contributed by atoms with Crippen LogP contribution in [-0.4, -0.2) is 69.8 Å². The zero-order valence-electron chi connectivity index (χ0n) is 27.4. The first-order chi connectivity index (χ1) is 23.4. The number of rotatable bonds is 9. The standard InChI is InChI=1S/C33H34ClF4N9O3/c1-30(2,3)16-31(22-8-5-19(6-9-22)21-13-41-45(4)14-21)27(48)46(28(39)44-31)25(15-50-29(49)43-26-12-32(26,35)36)20-7-10-23(34)24(11-20)47-33(37,38)17-40-18-42-47/h5-11,13-14,17-18,25-26H,12,15-16H2,1-4H3,(H2,39,44)(H,43,49)/t25-,26+,31-/m1/s1. The van der Waals surface area contributed by atoms with Crippen molar-refractivity contribution in [1.29, 1.82) is 0 Å². The first-order valence-electron chi connectivity index (χ1n) is 15.5. The molecule has 3 aromatic rings. The molecule has 3 aliphatic rings. The van der Waals surface area contributed by atoms with E-state index in [1.54, 1.807) is 30.1 Å². The maximum Gasteiger partial charge on any atom is 0.407 e. The Bertz CT molecular complexity index is 1910. The number of hydrogen-bond acceptors (Lipinski definition) is 9. The van der Waals surface area contributed by atoms with Gasteiger partial charge >= 0.3 is 12.1 Å². The number of nitrogens with two attached hydrogens (primary N) is 1. The predicted molar refractivity (Wildman–Crippen MR) is 179 cm³/mol. The van der Waals surface area contributed by atoms with Gasteiger partial charge in [0.2, 0.25) is 0 Å². The zero-order chi connectivity index (χ0) is 36.2. The van der Waals surface area contributed by atoms with Gasteiger partial charge < -0.3 is 15.8 Å². The number of alkyl halides is 4. The number of ether oxygens (including phenoxy) is 1. The number of hydrogen-bond donors (Lipinski definition) is 2. The van der Waals surface area contributed by atoms with Gasteiger partial charge in [-0.1, -0.05) is 62.7 Å². The number of aromatic nitrogens is 2. The smallest absolute Gasteiger partial charge is 0.407 e. The van der Waals surface area contributed by atoms with Crippen LogP contribution in [0.1, 0.15) is 50.8 Å². The van der Waals surface area contributed by atoms with Gasteiger partial charge in [-0.2, -0.15) is 24.0 Å². The van der Waals surface area contributed by atoms with E-state index in [-0.39, 0.29) is 28.7 Å². The lowest BCUT2D eigenvalue weighted by molar-refractivity contribution is -0.135. The molecule has 3 N–H and O–H groups in total. The van der Waals surface area contributed by atoms with Gasteiger partial charge in [0.05, 0.1) is 29.2 Å². The predicted octanol–water partition coefficient (Wildman–Crippen LogP) is 5.83. The highest BCUT2D eigenvalue weighted by molar-refractivity contribution is 6.33. The van der Waals surface area contributed by atoms with Crippen molar-refractivity contribution in [2.75, 3.05) is 11.6 Å². The van der Waals surface area contributed by atoms with Crippen LogP contribution in [0.3, 0.4) is 0 Å². The van der Waals surface area contributed by atoms with E-state index in [9.17, 15) is 27.2 Å². The quantitative estimate of drug-likeness (QED) is 0.211. The van der Waals surface area contributed by atoms with Gasteiger partial charge in [-0.15, -0.1) is 0 Å². The molecule has 2 aliphatic heterocycles. The van der Waals surface area contributed by atoms with Crippen molar-refractivity contribution in [3.63, 3.8) is 0 Å². The van der Waals surface area contributed by atoms with Crippen LogP contribution in [0.15, 0.2) is 69.9 Å². The fourth-order valence-corrected chi connectivity index (χ4v) is 6.27. The molecule has 2 aromatic carbocycles. The Labute approximate surface area is 289 Å². The first-order valence-corrected chi connectivity index (χ1v) is 15.9. The minimum Gasteiger partial charge on any atom is -0.447 e. The maximum absolute atomic E-state index is 14.9. The Balaban J connectivity index is 1.39. The van der Waals surface area contributed by atoms with E-state index in [0.29, 0.717) is 16.8 Å². The molecule has 50 heavy (non-hydrogen) atoms. The Kier molecular flexibility index (Phi) is 8.65. The van der Waals surface area contributed by atoms with Crippen molar-refractivity contribution in [3.8, 4) is 11.1 Å². The van der Waals surface area contributed by atoms with Crippen LogP contribution in [0, 0.1) is 5.41 Å². The largest absolute Gasteiger partial charge is 0.447 e. The lowest BCUT2D eigenvalue weighted by Crippen LogP contribution is -2.48. The molecule has 2 amide bonds. The van der Waals surface area contributed by atoms with Gasteiger partial charge in [-0.25, -0.2) is 23.6 Å². The summed E-state index contributed by atoms with van der Waals surface area (Å²) in [7, 11) is 1.80. The highest BCUT2D eigenvalue weighted by atomic mass is 35.5. The summed E-state index contributed by atoms with van der Waals surface area (Å²) in [5.74, 6) is -3.87. The Morgan fingerprint density at radius 1 is 1.14 bits per heavy atom. The minimum absolute atomic E-state index is 0.112. The van der Waals surface area contributed by atoms with Gasteiger partial charge in [-0.05, 0) is 40.7 Å².